The number of nitrogens with one attached hydrogen (secondary N) is 2. The molecular weight excluding hydrogens is 491 g/mol. The fourth-order valence-corrected chi connectivity index (χ4v) is 4.39. The summed E-state index contributed by atoms with van der Waals surface area (Å²) in [5.74, 6) is 0.0128. The van der Waals surface area contributed by atoms with E-state index in [0.29, 0.717) is 23.5 Å². The number of rotatable bonds is 9. The van der Waals surface area contributed by atoms with E-state index in [9.17, 15) is 14.4 Å². The van der Waals surface area contributed by atoms with E-state index < -0.39 is 4.87 Å². The Bertz CT molecular complexity index is 966. The van der Waals surface area contributed by atoms with Gasteiger partial charge in [-0.15, -0.1) is 23.2 Å². The second-order valence-electron chi connectivity index (χ2n) is 8.89. The second-order valence-corrected chi connectivity index (χ2v) is 10.2. The summed E-state index contributed by atoms with van der Waals surface area (Å²) >= 11 is 12.4. The van der Waals surface area contributed by atoms with E-state index in [1.165, 1.54) is 0 Å². The van der Waals surface area contributed by atoms with Gasteiger partial charge in [0.1, 0.15) is 5.75 Å². The molecule has 2 unspecified atom stereocenters. The van der Waals surface area contributed by atoms with Crippen molar-refractivity contribution < 1.29 is 23.9 Å². The molecule has 7 nitrogen and oxygen atoms in total. The van der Waals surface area contributed by atoms with E-state index in [4.69, 9.17) is 32.7 Å². The van der Waals surface area contributed by atoms with E-state index >= 15 is 0 Å². The Labute approximate surface area is 216 Å². The van der Waals surface area contributed by atoms with Crippen LogP contribution in [0.25, 0.3) is 0 Å². The highest BCUT2D eigenvalue weighted by Crippen LogP contribution is 2.32. The molecule has 190 valence electrons. The number of halogens is 2. The molecule has 1 saturated carbocycles. The van der Waals surface area contributed by atoms with Crippen molar-refractivity contribution in [3.63, 3.8) is 0 Å². The predicted molar refractivity (Wildman–Crippen MR) is 136 cm³/mol. The first kappa shape index (κ1) is 27.1. The van der Waals surface area contributed by atoms with E-state index in [-0.39, 0.29) is 48.3 Å². The molecule has 0 radical (unpaired) electrons. The van der Waals surface area contributed by atoms with Crippen LogP contribution in [-0.4, -0.2) is 53.8 Å². The van der Waals surface area contributed by atoms with Crippen molar-refractivity contribution in [3.05, 3.63) is 53.6 Å². The van der Waals surface area contributed by atoms with E-state index in [1.807, 2.05) is 6.92 Å². The number of esters is 1. The van der Waals surface area contributed by atoms with E-state index in [0.717, 1.165) is 25.7 Å². The Morgan fingerprint density at radius 1 is 1.03 bits per heavy atom. The molecule has 9 heteroatoms. The lowest BCUT2D eigenvalue weighted by Crippen LogP contribution is -2.37. The van der Waals surface area contributed by atoms with Crippen LogP contribution in [0.4, 0.5) is 0 Å². The maximum Gasteiger partial charge on any atom is 0.308 e. The molecule has 2 aliphatic rings. The van der Waals surface area contributed by atoms with Gasteiger partial charge in [0.15, 0.2) is 0 Å². The monoisotopic (exact) mass is 522 g/mol. The summed E-state index contributed by atoms with van der Waals surface area (Å²) < 4.78 is 11.1. The molecule has 0 saturated heterocycles. The van der Waals surface area contributed by atoms with Crippen LogP contribution >= 0.6 is 23.2 Å². The van der Waals surface area contributed by atoms with Crippen molar-refractivity contribution in [2.75, 3.05) is 19.7 Å². The Kier molecular flexibility index (Phi) is 9.63. The van der Waals surface area contributed by atoms with Crippen LogP contribution in [0.2, 0.25) is 0 Å². The molecule has 2 amide bonds. The van der Waals surface area contributed by atoms with Gasteiger partial charge in [-0.25, -0.2) is 0 Å². The van der Waals surface area contributed by atoms with Crippen LogP contribution in [0, 0.1) is 5.92 Å². The van der Waals surface area contributed by atoms with Gasteiger partial charge in [0.05, 0.1) is 28.9 Å². The number of allylic oxidation sites excluding steroid dienone is 2. The van der Waals surface area contributed by atoms with Gasteiger partial charge in [-0.05, 0) is 69.9 Å². The van der Waals surface area contributed by atoms with Crippen LogP contribution in [0.1, 0.15) is 49.9 Å². The lowest BCUT2D eigenvalue weighted by atomic mass is 9.87. The van der Waals surface area contributed by atoms with Crippen molar-refractivity contribution in [3.8, 4) is 5.75 Å². The minimum Gasteiger partial charge on any atom is -0.490 e. The number of benzene rings is 1. The SMILES string of the molecule is CCOC(=O)[C@H]1CC[C@@H](Oc2ccc(C(=O)NCCNC(=O)C3=CC(C)(Cl)C(Cl)C=C3)cc2)CC1. The Hall–Kier alpha value is -2.51. The lowest BCUT2D eigenvalue weighted by molar-refractivity contribution is -0.149. The van der Waals surface area contributed by atoms with Gasteiger partial charge >= 0.3 is 5.97 Å². The predicted octanol–water partition coefficient (Wildman–Crippen LogP) is 4.13. The molecule has 1 aromatic carbocycles. The smallest absolute Gasteiger partial charge is 0.308 e. The molecule has 1 fully saturated rings. The summed E-state index contributed by atoms with van der Waals surface area (Å²) in [4.78, 5) is 35.7. The third-order valence-electron chi connectivity index (χ3n) is 6.09. The van der Waals surface area contributed by atoms with Crippen LogP contribution < -0.4 is 15.4 Å². The van der Waals surface area contributed by atoms with Gasteiger partial charge in [0.25, 0.3) is 11.8 Å². The topological polar surface area (TPSA) is 93.7 Å². The van der Waals surface area contributed by atoms with Gasteiger partial charge < -0.3 is 20.1 Å². The number of ether oxygens (including phenoxy) is 2. The maximum absolute atomic E-state index is 12.4. The fourth-order valence-electron chi connectivity index (χ4n) is 4.06. The lowest BCUT2D eigenvalue weighted by Gasteiger charge is -2.27. The molecule has 0 bridgehead atoms. The Morgan fingerprint density at radius 2 is 1.66 bits per heavy atom. The van der Waals surface area contributed by atoms with Crippen molar-refractivity contribution in [1.82, 2.24) is 10.6 Å². The molecule has 2 aliphatic carbocycles. The number of carbonyl (C=O) groups excluding carboxylic acids is 3. The Morgan fingerprint density at radius 3 is 2.26 bits per heavy atom. The third kappa shape index (κ3) is 7.74. The van der Waals surface area contributed by atoms with Gasteiger partial charge in [-0.1, -0.05) is 12.2 Å². The zero-order valence-electron chi connectivity index (χ0n) is 20.0. The summed E-state index contributed by atoms with van der Waals surface area (Å²) in [6, 6.07) is 6.94. The summed E-state index contributed by atoms with van der Waals surface area (Å²) in [5, 5.41) is 5.16. The molecule has 2 atom stereocenters. The average Bonchev–Trinajstić information content (AvgIpc) is 2.84. The standard InChI is InChI=1S/C26H32Cl2N2O5/c1-3-34-25(33)18-6-11-21(12-7-18)35-20-9-4-17(5-10-20)23(31)29-14-15-30-24(32)19-8-13-22(27)26(2,28)16-19/h4-5,8-10,13,16,18,21-22H,3,6-7,11-12,14-15H2,1-2H3,(H,29,31)(H,30,32)/t18-,21+,22?,26?. The molecule has 0 aliphatic heterocycles. The molecule has 1 aromatic rings. The van der Waals surface area contributed by atoms with Gasteiger partial charge in [0, 0.05) is 24.2 Å². The van der Waals surface area contributed by atoms with Gasteiger partial charge in [-0.2, -0.15) is 0 Å². The normalized spacial score (nSPS) is 25.8. The van der Waals surface area contributed by atoms with Crippen molar-refractivity contribution >= 4 is 41.0 Å². The number of carbonyl (C=O) groups is 3. The van der Waals surface area contributed by atoms with E-state index in [1.54, 1.807) is 49.4 Å². The van der Waals surface area contributed by atoms with Crippen molar-refractivity contribution in [2.24, 2.45) is 5.92 Å². The fraction of sp³-hybridized carbons (Fsp3) is 0.500. The van der Waals surface area contributed by atoms with Gasteiger partial charge in [-0.3, -0.25) is 14.4 Å². The van der Waals surface area contributed by atoms with Crippen molar-refractivity contribution in [2.45, 2.75) is 55.9 Å². The van der Waals surface area contributed by atoms with Crippen molar-refractivity contribution in [1.29, 1.82) is 0 Å². The first-order valence-corrected chi connectivity index (χ1v) is 12.7. The molecule has 2 N–H and O–H groups in total. The average molecular weight is 523 g/mol. The van der Waals surface area contributed by atoms with Crippen LogP contribution in [-0.2, 0) is 14.3 Å². The highest BCUT2D eigenvalue weighted by Gasteiger charge is 2.31. The highest BCUT2D eigenvalue weighted by atomic mass is 35.5. The number of alkyl halides is 2. The molecule has 0 heterocycles. The van der Waals surface area contributed by atoms with E-state index in [2.05, 4.69) is 10.6 Å². The highest BCUT2D eigenvalue weighted by molar-refractivity contribution is 6.34. The maximum atomic E-state index is 12.4. The summed E-state index contributed by atoms with van der Waals surface area (Å²) in [6.07, 6.45) is 8.11. The number of amides is 2. The number of hydrogen-bond donors (Lipinski definition) is 2. The largest absolute Gasteiger partial charge is 0.490 e. The number of hydrogen-bond acceptors (Lipinski definition) is 5. The van der Waals surface area contributed by atoms with Gasteiger partial charge in [0.2, 0.25) is 0 Å². The quantitative estimate of drug-likeness (QED) is 0.289. The molecule has 0 aromatic heterocycles. The summed E-state index contributed by atoms with van der Waals surface area (Å²) in [7, 11) is 0. The first-order chi connectivity index (χ1) is 16.7. The second kappa shape index (κ2) is 12.5. The van der Waals surface area contributed by atoms with Crippen LogP contribution in [0.3, 0.4) is 0 Å². The molecule has 3 rings (SSSR count). The minimum absolute atomic E-state index is 0.0416. The molecular formula is C26H32Cl2N2O5. The van der Waals surface area contributed by atoms with Crippen LogP contribution in [0.5, 0.6) is 5.75 Å². The Balaban J connectivity index is 1.38. The summed E-state index contributed by atoms with van der Waals surface area (Å²) in [6.45, 7) is 4.52. The molecule has 35 heavy (non-hydrogen) atoms. The first-order valence-electron chi connectivity index (χ1n) is 11.9. The zero-order chi connectivity index (χ0) is 25.4. The molecule has 0 spiro atoms. The van der Waals surface area contributed by atoms with Crippen LogP contribution in [0.15, 0.2) is 48.1 Å². The third-order valence-corrected chi connectivity index (χ3v) is 7.15. The zero-order valence-corrected chi connectivity index (χ0v) is 21.5. The summed E-state index contributed by atoms with van der Waals surface area (Å²) in [5.41, 5.74) is 0.939. The minimum atomic E-state index is -0.824.